The van der Waals surface area contributed by atoms with Crippen LogP contribution in [-0.2, 0) is 16.0 Å². The van der Waals surface area contributed by atoms with Gasteiger partial charge in [-0.3, -0.25) is 14.5 Å². The minimum absolute atomic E-state index is 0. The van der Waals surface area contributed by atoms with Gasteiger partial charge in [-0.1, -0.05) is 0 Å². The molecule has 180 valence electrons. The molecule has 1 aromatic heterocycles. The fourth-order valence-corrected chi connectivity index (χ4v) is 3.86. The van der Waals surface area contributed by atoms with Crippen LogP contribution < -0.4 is 5.32 Å². The Labute approximate surface area is 208 Å². The lowest BCUT2D eigenvalue weighted by molar-refractivity contribution is -0.133. The average molecular weight is 560 g/mol. The molecular formula is C22H37IN6O3. The molecule has 0 aliphatic carbocycles. The van der Waals surface area contributed by atoms with Gasteiger partial charge in [0.2, 0.25) is 11.8 Å². The third-order valence-electron chi connectivity index (χ3n) is 5.84. The van der Waals surface area contributed by atoms with Crippen LogP contribution in [0, 0.1) is 0 Å². The molecule has 10 heteroatoms. The van der Waals surface area contributed by atoms with Crippen molar-refractivity contribution < 1.29 is 14.0 Å². The number of halogens is 1. The zero-order chi connectivity index (χ0) is 22.1. The van der Waals surface area contributed by atoms with E-state index < -0.39 is 0 Å². The third-order valence-corrected chi connectivity index (χ3v) is 5.84. The van der Waals surface area contributed by atoms with Gasteiger partial charge in [0.25, 0.3) is 0 Å². The number of aliphatic imine (C=N–C) groups is 1. The molecule has 2 aliphatic heterocycles. The van der Waals surface area contributed by atoms with Crippen molar-refractivity contribution in [3.05, 3.63) is 24.2 Å². The Hall–Kier alpha value is -1.82. The van der Waals surface area contributed by atoms with Crippen LogP contribution in [-0.4, -0.2) is 110 Å². The van der Waals surface area contributed by atoms with Crippen molar-refractivity contribution in [1.29, 1.82) is 0 Å². The number of hydrogen-bond acceptors (Lipinski definition) is 5. The normalized spacial score (nSPS) is 17.6. The van der Waals surface area contributed by atoms with Crippen LogP contribution >= 0.6 is 24.0 Å². The number of carbonyl (C=O) groups is 2. The van der Waals surface area contributed by atoms with Gasteiger partial charge in [-0.15, -0.1) is 24.0 Å². The molecule has 0 aromatic carbocycles. The largest absolute Gasteiger partial charge is 0.469 e. The molecule has 0 radical (unpaired) electrons. The number of piperazine rings is 1. The van der Waals surface area contributed by atoms with E-state index in [0.29, 0.717) is 13.1 Å². The maximum Gasteiger partial charge on any atom is 0.243 e. The molecule has 2 amide bonds. The number of likely N-dealkylation sites (tertiary alicyclic amines) is 1. The first-order valence-electron chi connectivity index (χ1n) is 11.3. The Bertz CT molecular complexity index is 726. The van der Waals surface area contributed by atoms with Crippen molar-refractivity contribution >= 4 is 41.8 Å². The summed E-state index contributed by atoms with van der Waals surface area (Å²) in [5.41, 5.74) is 0. The van der Waals surface area contributed by atoms with Gasteiger partial charge in [-0.25, -0.2) is 4.99 Å². The number of nitrogens with one attached hydrogen (secondary N) is 1. The van der Waals surface area contributed by atoms with Crippen LogP contribution in [0.4, 0.5) is 0 Å². The van der Waals surface area contributed by atoms with Crippen molar-refractivity contribution in [3.63, 3.8) is 0 Å². The van der Waals surface area contributed by atoms with E-state index in [1.165, 1.54) is 6.42 Å². The minimum Gasteiger partial charge on any atom is -0.469 e. The van der Waals surface area contributed by atoms with Crippen LogP contribution in [0.25, 0.3) is 0 Å². The Morgan fingerprint density at radius 1 is 1.06 bits per heavy atom. The van der Waals surface area contributed by atoms with E-state index in [2.05, 4.69) is 20.1 Å². The second-order valence-electron chi connectivity index (χ2n) is 8.39. The first kappa shape index (κ1) is 26.4. The van der Waals surface area contributed by atoms with Crippen LogP contribution in [0.3, 0.4) is 0 Å². The summed E-state index contributed by atoms with van der Waals surface area (Å²) in [5.74, 6) is 1.87. The Morgan fingerprint density at radius 2 is 1.78 bits per heavy atom. The number of rotatable bonds is 7. The van der Waals surface area contributed by atoms with Gasteiger partial charge in [0.05, 0.1) is 12.8 Å². The quantitative estimate of drug-likeness (QED) is 0.306. The summed E-state index contributed by atoms with van der Waals surface area (Å²) >= 11 is 0. The van der Waals surface area contributed by atoms with Gasteiger partial charge in [-0.2, -0.15) is 0 Å². The maximum atomic E-state index is 12.6. The molecule has 0 bridgehead atoms. The molecule has 2 fully saturated rings. The van der Waals surface area contributed by atoms with E-state index in [1.807, 2.05) is 17.0 Å². The van der Waals surface area contributed by atoms with Crippen molar-refractivity contribution in [2.24, 2.45) is 4.99 Å². The zero-order valence-electron chi connectivity index (χ0n) is 19.3. The van der Waals surface area contributed by atoms with Gasteiger partial charge in [0, 0.05) is 66.3 Å². The molecule has 32 heavy (non-hydrogen) atoms. The van der Waals surface area contributed by atoms with Crippen molar-refractivity contribution in [1.82, 2.24) is 24.9 Å². The highest BCUT2D eigenvalue weighted by Crippen LogP contribution is 2.10. The number of hydrogen-bond donors (Lipinski definition) is 1. The van der Waals surface area contributed by atoms with E-state index in [1.54, 1.807) is 25.3 Å². The van der Waals surface area contributed by atoms with Crippen LogP contribution in [0.5, 0.6) is 0 Å². The SMILES string of the molecule is CN(C)C(=O)CN=C(NCCc1ccco1)N1CCN(CC(=O)N2CCCCC2)CC1.I. The van der Waals surface area contributed by atoms with E-state index >= 15 is 0 Å². The summed E-state index contributed by atoms with van der Waals surface area (Å²) in [4.78, 5) is 37.1. The van der Waals surface area contributed by atoms with Crippen molar-refractivity contribution in [3.8, 4) is 0 Å². The fourth-order valence-electron chi connectivity index (χ4n) is 3.86. The molecule has 0 saturated carbocycles. The van der Waals surface area contributed by atoms with Crippen molar-refractivity contribution in [2.45, 2.75) is 25.7 Å². The molecule has 2 saturated heterocycles. The summed E-state index contributed by atoms with van der Waals surface area (Å²) in [6.45, 7) is 6.24. The molecule has 1 N–H and O–H groups in total. The first-order valence-corrected chi connectivity index (χ1v) is 11.3. The topological polar surface area (TPSA) is 84.6 Å². The van der Waals surface area contributed by atoms with Gasteiger partial charge in [-0.05, 0) is 31.4 Å². The number of guanidine groups is 1. The van der Waals surface area contributed by atoms with E-state index in [-0.39, 0.29) is 42.3 Å². The molecule has 3 heterocycles. The summed E-state index contributed by atoms with van der Waals surface area (Å²) < 4.78 is 5.39. The first-order chi connectivity index (χ1) is 15.0. The number of piperidine rings is 1. The van der Waals surface area contributed by atoms with Gasteiger partial charge in [0.1, 0.15) is 12.3 Å². The number of furan rings is 1. The van der Waals surface area contributed by atoms with Gasteiger partial charge >= 0.3 is 0 Å². The van der Waals surface area contributed by atoms with Gasteiger partial charge in [0.15, 0.2) is 5.96 Å². The lowest BCUT2D eigenvalue weighted by Gasteiger charge is -2.37. The van der Waals surface area contributed by atoms with Crippen molar-refractivity contribution in [2.75, 3.05) is 73.0 Å². The van der Waals surface area contributed by atoms with E-state index in [9.17, 15) is 9.59 Å². The van der Waals surface area contributed by atoms with Gasteiger partial charge < -0.3 is 24.4 Å². The Kier molecular flexibility index (Phi) is 11.3. The second-order valence-corrected chi connectivity index (χ2v) is 8.39. The molecule has 0 unspecified atom stereocenters. The third kappa shape index (κ3) is 8.27. The summed E-state index contributed by atoms with van der Waals surface area (Å²) in [6.07, 6.45) is 5.89. The number of amides is 2. The van der Waals surface area contributed by atoms with Crippen LogP contribution in [0.1, 0.15) is 25.0 Å². The molecular weight excluding hydrogens is 523 g/mol. The highest BCUT2D eigenvalue weighted by Gasteiger charge is 2.24. The molecule has 0 atom stereocenters. The molecule has 9 nitrogen and oxygen atoms in total. The second kappa shape index (κ2) is 13.7. The predicted molar refractivity (Wildman–Crippen MR) is 135 cm³/mol. The highest BCUT2D eigenvalue weighted by molar-refractivity contribution is 14.0. The zero-order valence-corrected chi connectivity index (χ0v) is 21.6. The maximum absolute atomic E-state index is 12.6. The summed E-state index contributed by atoms with van der Waals surface area (Å²) in [6, 6.07) is 3.83. The summed E-state index contributed by atoms with van der Waals surface area (Å²) in [7, 11) is 3.47. The van der Waals surface area contributed by atoms with Crippen LogP contribution in [0.2, 0.25) is 0 Å². The van der Waals surface area contributed by atoms with E-state index in [4.69, 9.17) is 4.42 Å². The molecule has 3 rings (SSSR count). The lowest BCUT2D eigenvalue weighted by Crippen LogP contribution is -2.54. The average Bonchev–Trinajstić information content (AvgIpc) is 3.30. The Morgan fingerprint density at radius 3 is 2.41 bits per heavy atom. The molecule has 0 spiro atoms. The fraction of sp³-hybridized carbons (Fsp3) is 0.682. The monoisotopic (exact) mass is 560 g/mol. The number of carbonyl (C=O) groups excluding carboxylic acids is 2. The summed E-state index contributed by atoms with van der Waals surface area (Å²) in [5, 5.41) is 3.38. The smallest absolute Gasteiger partial charge is 0.243 e. The number of nitrogens with zero attached hydrogens (tertiary/aromatic N) is 5. The molecule has 1 aromatic rings. The van der Waals surface area contributed by atoms with Crippen LogP contribution in [0.15, 0.2) is 27.8 Å². The molecule has 2 aliphatic rings. The minimum atomic E-state index is -0.0314. The Balaban J connectivity index is 0.00000363. The number of likely N-dealkylation sites (N-methyl/N-ethyl adjacent to an activating group) is 1. The standard InChI is InChI=1S/C22H36N6O3.HI/c1-25(2)20(29)17-24-22(23-9-8-19-7-6-16-31-19)28-14-12-26(13-15-28)18-21(30)27-10-4-3-5-11-27;/h6-7,16H,3-5,8-15,17-18H2,1-2H3,(H,23,24);1H. The highest BCUT2D eigenvalue weighted by atomic mass is 127. The lowest BCUT2D eigenvalue weighted by atomic mass is 10.1. The predicted octanol–water partition coefficient (Wildman–Crippen LogP) is 1.10. The van der Waals surface area contributed by atoms with E-state index in [0.717, 1.165) is 70.3 Å².